The predicted octanol–water partition coefficient (Wildman–Crippen LogP) is 0.863. The maximum Gasteiger partial charge on any atom is 0.219 e. The van der Waals surface area contributed by atoms with E-state index in [0.717, 1.165) is 78.0 Å². The minimum Gasteiger partial charge on any atom is -0.379 e. The first-order chi connectivity index (χ1) is 12.5. The van der Waals surface area contributed by atoms with Crippen LogP contribution in [0.25, 0.3) is 0 Å². The van der Waals surface area contributed by atoms with E-state index >= 15 is 0 Å². The quantitative estimate of drug-likeness (QED) is 0.557. The van der Waals surface area contributed by atoms with Gasteiger partial charge in [0, 0.05) is 58.8 Å². The molecule has 1 atom stereocenters. The molecule has 2 aliphatic heterocycles. The fourth-order valence-electron chi connectivity index (χ4n) is 3.68. The third kappa shape index (κ3) is 6.43. The number of amides is 1. The standard InChI is InChI=1S/C19H37N5O2/c1-5-20-19(24-8-6-22(7-9-24)17(4)25)21-15-18(14-16(2)3)23-10-12-26-13-11-23/h16,18H,5-15H2,1-4H3,(H,20,21). The summed E-state index contributed by atoms with van der Waals surface area (Å²) in [4.78, 5) is 23.3. The summed E-state index contributed by atoms with van der Waals surface area (Å²) in [5.74, 6) is 1.80. The van der Waals surface area contributed by atoms with Crippen LogP contribution in [0.3, 0.4) is 0 Å². The molecule has 1 amide bonds. The summed E-state index contributed by atoms with van der Waals surface area (Å²) in [7, 11) is 0. The van der Waals surface area contributed by atoms with Crippen LogP contribution in [0.5, 0.6) is 0 Å². The van der Waals surface area contributed by atoms with Crippen LogP contribution >= 0.6 is 0 Å². The molecular formula is C19H37N5O2. The topological polar surface area (TPSA) is 60.4 Å². The Kier molecular flexibility index (Phi) is 8.65. The van der Waals surface area contributed by atoms with Gasteiger partial charge in [-0.15, -0.1) is 0 Å². The summed E-state index contributed by atoms with van der Waals surface area (Å²) in [6.07, 6.45) is 1.15. The van der Waals surface area contributed by atoms with Crippen molar-refractivity contribution in [1.82, 2.24) is 20.0 Å². The second-order valence-corrected chi connectivity index (χ2v) is 7.62. The van der Waals surface area contributed by atoms with Gasteiger partial charge in [0.2, 0.25) is 5.91 Å². The minimum absolute atomic E-state index is 0.163. The monoisotopic (exact) mass is 367 g/mol. The number of guanidine groups is 1. The van der Waals surface area contributed by atoms with Crippen LogP contribution in [0.4, 0.5) is 0 Å². The molecule has 0 aromatic rings. The van der Waals surface area contributed by atoms with Crippen molar-refractivity contribution in [3.63, 3.8) is 0 Å². The Hall–Kier alpha value is -1.34. The molecule has 0 radical (unpaired) electrons. The number of nitrogens with one attached hydrogen (secondary N) is 1. The molecular weight excluding hydrogens is 330 g/mol. The predicted molar refractivity (Wildman–Crippen MR) is 105 cm³/mol. The van der Waals surface area contributed by atoms with Crippen molar-refractivity contribution in [2.75, 3.05) is 65.6 Å². The Balaban J connectivity index is 1.99. The van der Waals surface area contributed by atoms with Crippen molar-refractivity contribution >= 4 is 11.9 Å². The number of carbonyl (C=O) groups is 1. The first-order valence-corrected chi connectivity index (χ1v) is 10.1. The van der Waals surface area contributed by atoms with E-state index in [-0.39, 0.29) is 5.91 Å². The Labute approximate surface area is 158 Å². The van der Waals surface area contributed by atoms with E-state index < -0.39 is 0 Å². The molecule has 0 spiro atoms. The van der Waals surface area contributed by atoms with Gasteiger partial charge in [-0.1, -0.05) is 13.8 Å². The second-order valence-electron chi connectivity index (χ2n) is 7.62. The number of nitrogens with zero attached hydrogens (tertiary/aromatic N) is 4. The molecule has 7 heteroatoms. The largest absolute Gasteiger partial charge is 0.379 e. The average Bonchev–Trinajstić information content (AvgIpc) is 2.64. The van der Waals surface area contributed by atoms with Crippen molar-refractivity contribution in [2.24, 2.45) is 10.9 Å². The lowest BCUT2D eigenvalue weighted by Gasteiger charge is -2.37. The molecule has 0 aromatic carbocycles. The van der Waals surface area contributed by atoms with Crippen molar-refractivity contribution in [1.29, 1.82) is 0 Å². The van der Waals surface area contributed by atoms with Gasteiger partial charge in [-0.3, -0.25) is 14.7 Å². The van der Waals surface area contributed by atoms with Crippen molar-refractivity contribution in [3.05, 3.63) is 0 Å². The van der Waals surface area contributed by atoms with Gasteiger partial charge < -0.3 is 19.9 Å². The van der Waals surface area contributed by atoms with E-state index in [1.807, 2.05) is 4.90 Å². The fraction of sp³-hybridized carbons (Fsp3) is 0.895. The highest BCUT2D eigenvalue weighted by Gasteiger charge is 2.24. The van der Waals surface area contributed by atoms with Crippen LogP contribution in [0.15, 0.2) is 4.99 Å². The van der Waals surface area contributed by atoms with E-state index in [2.05, 4.69) is 35.9 Å². The Morgan fingerprint density at radius 2 is 1.69 bits per heavy atom. The third-order valence-corrected chi connectivity index (χ3v) is 5.12. The molecule has 1 N–H and O–H groups in total. The summed E-state index contributed by atoms with van der Waals surface area (Å²) in [5, 5.41) is 3.44. The molecule has 150 valence electrons. The highest BCUT2D eigenvalue weighted by Crippen LogP contribution is 2.14. The van der Waals surface area contributed by atoms with E-state index in [1.165, 1.54) is 0 Å². The minimum atomic E-state index is 0.163. The van der Waals surface area contributed by atoms with E-state index in [9.17, 15) is 4.79 Å². The Bertz CT molecular complexity index is 455. The van der Waals surface area contributed by atoms with Gasteiger partial charge in [-0.2, -0.15) is 0 Å². The highest BCUT2D eigenvalue weighted by atomic mass is 16.5. The number of carbonyl (C=O) groups excluding carboxylic acids is 1. The van der Waals surface area contributed by atoms with Gasteiger partial charge in [-0.05, 0) is 19.3 Å². The summed E-state index contributed by atoms with van der Waals surface area (Å²) >= 11 is 0. The zero-order valence-electron chi connectivity index (χ0n) is 17.0. The van der Waals surface area contributed by atoms with Crippen LogP contribution < -0.4 is 5.32 Å². The Morgan fingerprint density at radius 1 is 1.08 bits per heavy atom. The summed E-state index contributed by atoms with van der Waals surface area (Å²) in [6, 6.07) is 0.464. The molecule has 2 rings (SSSR count). The maximum absolute atomic E-state index is 11.5. The van der Waals surface area contributed by atoms with Crippen LogP contribution in [-0.4, -0.2) is 98.2 Å². The normalized spacial score (nSPS) is 21.2. The number of aliphatic imine (C=N–C) groups is 1. The van der Waals surface area contributed by atoms with Gasteiger partial charge in [0.15, 0.2) is 5.96 Å². The van der Waals surface area contributed by atoms with E-state index in [4.69, 9.17) is 9.73 Å². The van der Waals surface area contributed by atoms with Gasteiger partial charge >= 0.3 is 0 Å². The molecule has 7 nitrogen and oxygen atoms in total. The molecule has 26 heavy (non-hydrogen) atoms. The number of hydrogen-bond acceptors (Lipinski definition) is 4. The van der Waals surface area contributed by atoms with E-state index in [1.54, 1.807) is 6.92 Å². The Morgan fingerprint density at radius 3 is 2.23 bits per heavy atom. The number of ether oxygens (including phenoxy) is 1. The summed E-state index contributed by atoms with van der Waals surface area (Å²) < 4.78 is 5.51. The molecule has 2 aliphatic rings. The van der Waals surface area contributed by atoms with Crippen LogP contribution in [0, 0.1) is 5.92 Å². The summed E-state index contributed by atoms with van der Waals surface area (Å²) in [5.41, 5.74) is 0. The van der Waals surface area contributed by atoms with Crippen LogP contribution in [-0.2, 0) is 9.53 Å². The van der Waals surface area contributed by atoms with E-state index in [0.29, 0.717) is 12.0 Å². The molecule has 0 bridgehead atoms. The van der Waals surface area contributed by atoms with Crippen molar-refractivity contribution < 1.29 is 9.53 Å². The number of rotatable bonds is 6. The zero-order chi connectivity index (χ0) is 18.9. The van der Waals surface area contributed by atoms with Crippen molar-refractivity contribution in [3.8, 4) is 0 Å². The van der Waals surface area contributed by atoms with Crippen LogP contribution in [0.1, 0.15) is 34.1 Å². The van der Waals surface area contributed by atoms with Gasteiger partial charge in [0.05, 0.1) is 19.8 Å². The molecule has 0 aliphatic carbocycles. The highest BCUT2D eigenvalue weighted by molar-refractivity contribution is 5.80. The zero-order valence-corrected chi connectivity index (χ0v) is 17.0. The second kappa shape index (κ2) is 10.7. The fourth-order valence-corrected chi connectivity index (χ4v) is 3.68. The summed E-state index contributed by atoms with van der Waals surface area (Å²) in [6.45, 7) is 16.9. The van der Waals surface area contributed by atoms with Crippen molar-refractivity contribution in [2.45, 2.75) is 40.2 Å². The number of hydrogen-bond donors (Lipinski definition) is 1. The number of morpholine rings is 1. The van der Waals surface area contributed by atoms with Gasteiger partial charge in [0.1, 0.15) is 0 Å². The molecule has 2 saturated heterocycles. The third-order valence-electron chi connectivity index (χ3n) is 5.12. The lowest BCUT2D eigenvalue weighted by atomic mass is 10.0. The lowest BCUT2D eigenvalue weighted by molar-refractivity contribution is -0.130. The first-order valence-electron chi connectivity index (χ1n) is 10.1. The lowest BCUT2D eigenvalue weighted by Crippen LogP contribution is -2.53. The molecule has 0 aromatic heterocycles. The smallest absolute Gasteiger partial charge is 0.219 e. The first kappa shape index (κ1) is 21.0. The van der Waals surface area contributed by atoms with Crippen LogP contribution in [0.2, 0.25) is 0 Å². The molecule has 2 heterocycles. The average molecular weight is 368 g/mol. The molecule has 2 fully saturated rings. The van der Waals surface area contributed by atoms with Gasteiger partial charge in [0.25, 0.3) is 0 Å². The maximum atomic E-state index is 11.5. The SMILES string of the molecule is CCNC(=NCC(CC(C)C)N1CCOCC1)N1CCN(C(C)=O)CC1. The molecule has 1 unspecified atom stereocenters. The molecule has 0 saturated carbocycles. The van der Waals surface area contributed by atoms with Gasteiger partial charge in [-0.25, -0.2) is 0 Å². The number of piperazine rings is 1.